The zero-order chi connectivity index (χ0) is 28.6. The first-order valence-electron chi connectivity index (χ1n) is 13.7. The zero-order valence-corrected chi connectivity index (χ0v) is 25.6. The number of amides is 1. The van der Waals surface area contributed by atoms with Crippen molar-refractivity contribution in [2.24, 2.45) is 5.92 Å². The molecule has 2 heterocycles. The lowest BCUT2D eigenvalue weighted by Crippen LogP contribution is -2.50. The minimum absolute atomic E-state index is 0.0810. The number of ether oxygens (including phenoxy) is 2. The SMILES string of the molecule is CCC(CCS(=O)(=O)CC)N1C(=O)C(CC2COC(C)(C)O2)CC[C@H]1c1ccc(Cl)cc1.Clc1ccccc1. The van der Waals surface area contributed by atoms with Crippen molar-refractivity contribution in [3.8, 4) is 0 Å². The van der Waals surface area contributed by atoms with Gasteiger partial charge in [-0.2, -0.15) is 0 Å². The second-order valence-corrected chi connectivity index (χ2v) is 14.0. The molecule has 2 aliphatic rings. The second-order valence-electron chi connectivity index (χ2n) is 10.7. The van der Waals surface area contributed by atoms with Crippen LogP contribution in [0.25, 0.3) is 0 Å². The van der Waals surface area contributed by atoms with Gasteiger partial charge < -0.3 is 14.4 Å². The van der Waals surface area contributed by atoms with Crippen molar-refractivity contribution in [3.63, 3.8) is 0 Å². The van der Waals surface area contributed by atoms with E-state index in [4.69, 9.17) is 32.7 Å². The number of sulfone groups is 1. The molecular formula is C30H41Cl2NO5S. The average molecular weight is 599 g/mol. The number of nitrogens with zero attached hydrogens (tertiary/aromatic N) is 1. The number of benzene rings is 2. The van der Waals surface area contributed by atoms with Crippen molar-refractivity contribution in [3.05, 3.63) is 70.2 Å². The predicted octanol–water partition coefficient (Wildman–Crippen LogP) is 7.10. The van der Waals surface area contributed by atoms with Crippen molar-refractivity contribution in [1.29, 1.82) is 0 Å². The van der Waals surface area contributed by atoms with E-state index in [1.165, 1.54) is 0 Å². The summed E-state index contributed by atoms with van der Waals surface area (Å²) in [5, 5.41) is 1.45. The summed E-state index contributed by atoms with van der Waals surface area (Å²) in [6.07, 6.45) is 3.27. The van der Waals surface area contributed by atoms with Crippen molar-refractivity contribution in [2.45, 2.75) is 83.8 Å². The molecule has 0 aromatic heterocycles. The Morgan fingerprint density at radius 2 is 1.64 bits per heavy atom. The summed E-state index contributed by atoms with van der Waals surface area (Å²) in [6.45, 7) is 7.96. The lowest BCUT2D eigenvalue weighted by molar-refractivity contribution is -0.153. The van der Waals surface area contributed by atoms with Crippen LogP contribution in [0.1, 0.15) is 71.4 Å². The summed E-state index contributed by atoms with van der Waals surface area (Å²) in [6, 6.07) is 16.9. The number of hydrogen-bond donors (Lipinski definition) is 0. The van der Waals surface area contributed by atoms with Gasteiger partial charge in [0.25, 0.3) is 0 Å². The molecule has 0 saturated carbocycles. The number of likely N-dealkylation sites (tertiary alicyclic amines) is 1. The molecule has 4 atom stereocenters. The van der Waals surface area contributed by atoms with Gasteiger partial charge in [-0.25, -0.2) is 8.42 Å². The lowest BCUT2D eigenvalue weighted by Gasteiger charge is -2.44. The zero-order valence-electron chi connectivity index (χ0n) is 23.3. The highest BCUT2D eigenvalue weighted by Gasteiger charge is 2.42. The van der Waals surface area contributed by atoms with Gasteiger partial charge in [0.2, 0.25) is 5.91 Å². The Morgan fingerprint density at radius 1 is 1.00 bits per heavy atom. The summed E-state index contributed by atoms with van der Waals surface area (Å²) in [4.78, 5) is 15.7. The molecule has 6 nitrogen and oxygen atoms in total. The van der Waals surface area contributed by atoms with Crippen molar-refractivity contribution in [2.75, 3.05) is 18.1 Å². The number of halogens is 2. The van der Waals surface area contributed by atoms with Crippen LogP contribution in [-0.2, 0) is 24.1 Å². The first kappa shape index (κ1) is 31.9. The number of carbonyl (C=O) groups is 1. The van der Waals surface area contributed by atoms with E-state index < -0.39 is 15.6 Å². The van der Waals surface area contributed by atoms with E-state index in [0.717, 1.165) is 23.4 Å². The van der Waals surface area contributed by atoms with E-state index in [0.29, 0.717) is 30.9 Å². The van der Waals surface area contributed by atoms with Crippen molar-refractivity contribution in [1.82, 2.24) is 4.90 Å². The van der Waals surface area contributed by atoms with Crippen LogP contribution in [0.15, 0.2) is 54.6 Å². The van der Waals surface area contributed by atoms with Gasteiger partial charge in [0.15, 0.2) is 5.79 Å². The smallest absolute Gasteiger partial charge is 0.226 e. The standard InChI is InChI=1S/C24H36ClNO5S.C6H5Cl/c1-5-20(13-14-32(28,29)6-2)26-22(17-7-10-19(25)11-8-17)12-9-18(23(26)27)15-21-16-30-24(3,4)31-21;7-6-4-2-1-3-5-6/h7-8,10-11,18,20-22H,5-6,9,12-16H2,1-4H3;1-5H/t18?,20?,21?,22-;/m0./s1. The number of hydrogen-bond acceptors (Lipinski definition) is 5. The van der Waals surface area contributed by atoms with Crippen LogP contribution in [0.5, 0.6) is 0 Å². The molecule has 0 spiro atoms. The molecule has 0 radical (unpaired) electrons. The molecular weight excluding hydrogens is 557 g/mol. The Kier molecular flexibility index (Phi) is 11.7. The van der Waals surface area contributed by atoms with Crippen LogP contribution >= 0.6 is 23.2 Å². The van der Waals surface area contributed by atoms with Crippen LogP contribution in [0, 0.1) is 5.92 Å². The molecule has 2 aromatic carbocycles. The van der Waals surface area contributed by atoms with Crippen LogP contribution in [0.3, 0.4) is 0 Å². The van der Waals surface area contributed by atoms with Gasteiger partial charge in [-0.3, -0.25) is 4.79 Å². The van der Waals surface area contributed by atoms with Crippen molar-refractivity contribution >= 4 is 38.9 Å². The maximum absolute atomic E-state index is 13.8. The average Bonchev–Trinajstić information content (AvgIpc) is 3.25. The molecule has 216 valence electrons. The molecule has 0 N–H and O–H groups in total. The van der Waals surface area contributed by atoms with Gasteiger partial charge in [0.05, 0.1) is 24.5 Å². The molecule has 0 bridgehead atoms. The summed E-state index contributed by atoms with van der Waals surface area (Å²) in [7, 11) is -3.11. The van der Waals surface area contributed by atoms with E-state index in [9.17, 15) is 13.2 Å². The first-order valence-corrected chi connectivity index (χ1v) is 16.3. The molecule has 2 fully saturated rings. The highest BCUT2D eigenvalue weighted by molar-refractivity contribution is 7.91. The molecule has 9 heteroatoms. The Balaban J connectivity index is 0.000000520. The third-order valence-corrected chi connectivity index (χ3v) is 9.64. The summed E-state index contributed by atoms with van der Waals surface area (Å²) >= 11 is 11.6. The van der Waals surface area contributed by atoms with E-state index >= 15 is 0 Å². The Bertz CT molecular complexity index is 1160. The van der Waals surface area contributed by atoms with Gasteiger partial charge in [0, 0.05) is 27.8 Å². The predicted molar refractivity (Wildman–Crippen MR) is 158 cm³/mol. The van der Waals surface area contributed by atoms with Crippen LogP contribution in [0.2, 0.25) is 10.0 Å². The van der Waals surface area contributed by atoms with Gasteiger partial charge in [0.1, 0.15) is 9.84 Å². The molecule has 2 saturated heterocycles. The minimum Gasteiger partial charge on any atom is -0.348 e. The molecule has 0 aliphatic carbocycles. The summed E-state index contributed by atoms with van der Waals surface area (Å²) in [5.74, 6) is -0.468. The molecule has 2 aromatic rings. The fourth-order valence-electron chi connectivity index (χ4n) is 5.26. The largest absolute Gasteiger partial charge is 0.348 e. The number of piperidine rings is 1. The van der Waals surface area contributed by atoms with E-state index in [-0.39, 0.29) is 41.5 Å². The van der Waals surface area contributed by atoms with Gasteiger partial charge in [-0.15, -0.1) is 0 Å². The maximum Gasteiger partial charge on any atom is 0.226 e. The molecule has 4 rings (SSSR count). The van der Waals surface area contributed by atoms with Crippen LogP contribution in [-0.4, -0.2) is 55.3 Å². The normalized spacial score (nSPS) is 23.7. The highest BCUT2D eigenvalue weighted by Crippen LogP contribution is 2.40. The highest BCUT2D eigenvalue weighted by atomic mass is 35.5. The van der Waals surface area contributed by atoms with Gasteiger partial charge in [-0.1, -0.05) is 67.4 Å². The Hall–Kier alpha value is -1.64. The third-order valence-electron chi connectivity index (χ3n) is 7.40. The fourth-order valence-corrected chi connectivity index (χ4v) is 6.45. The van der Waals surface area contributed by atoms with Crippen molar-refractivity contribution < 1.29 is 22.7 Å². The first-order chi connectivity index (χ1) is 18.4. The van der Waals surface area contributed by atoms with Crippen LogP contribution in [0.4, 0.5) is 0 Å². The maximum atomic E-state index is 13.8. The monoisotopic (exact) mass is 597 g/mol. The topological polar surface area (TPSA) is 72.9 Å². The van der Waals surface area contributed by atoms with E-state index in [1.54, 1.807) is 6.92 Å². The lowest BCUT2D eigenvalue weighted by atomic mass is 9.83. The number of carbonyl (C=O) groups excluding carboxylic acids is 1. The van der Waals surface area contributed by atoms with Crippen LogP contribution < -0.4 is 0 Å². The second kappa shape index (κ2) is 14.3. The quantitative estimate of drug-likeness (QED) is 0.308. The molecule has 39 heavy (non-hydrogen) atoms. The minimum atomic E-state index is -3.11. The van der Waals surface area contributed by atoms with E-state index in [1.807, 2.05) is 80.3 Å². The molecule has 3 unspecified atom stereocenters. The Labute approximate surface area is 243 Å². The fraction of sp³-hybridized carbons (Fsp3) is 0.567. The Morgan fingerprint density at radius 3 is 2.15 bits per heavy atom. The summed E-state index contributed by atoms with van der Waals surface area (Å²) in [5.41, 5.74) is 1.04. The number of rotatable bonds is 9. The van der Waals surface area contributed by atoms with E-state index in [2.05, 4.69) is 0 Å². The van der Waals surface area contributed by atoms with Gasteiger partial charge >= 0.3 is 0 Å². The molecule has 1 amide bonds. The third kappa shape index (κ3) is 9.46. The molecule has 2 aliphatic heterocycles. The van der Waals surface area contributed by atoms with Gasteiger partial charge in [-0.05, 0) is 75.8 Å². The summed E-state index contributed by atoms with van der Waals surface area (Å²) < 4.78 is 36.0.